The van der Waals surface area contributed by atoms with Crippen molar-refractivity contribution in [3.8, 4) is 11.5 Å². The van der Waals surface area contributed by atoms with E-state index in [0.29, 0.717) is 25.3 Å². The molecule has 0 aromatic heterocycles. The van der Waals surface area contributed by atoms with Crippen LogP contribution in [0.1, 0.15) is 18.9 Å². The molecule has 0 fully saturated rings. The first kappa shape index (κ1) is 19.8. The number of hydrogen-bond donors (Lipinski definition) is 2. The largest absolute Gasteiger partial charge is 0.497 e. The van der Waals surface area contributed by atoms with E-state index >= 15 is 0 Å². The normalized spacial score (nSPS) is 12.9. The maximum atomic E-state index is 12.1. The highest BCUT2D eigenvalue weighted by Gasteiger charge is 2.24. The zero-order chi connectivity index (χ0) is 18.8. The minimum atomic E-state index is -0.395. The van der Waals surface area contributed by atoms with Gasteiger partial charge < -0.3 is 19.9 Å². The van der Waals surface area contributed by atoms with Crippen molar-refractivity contribution in [3.63, 3.8) is 0 Å². The van der Waals surface area contributed by atoms with E-state index in [-0.39, 0.29) is 18.9 Å². The molecule has 140 valence electrons. The number of aliphatic hydroxyl groups excluding tert-OH is 1. The molecule has 2 N–H and O–H groups in total. The minimum absolute atomic E-state index is 0.00449. The van der Waals surface area contributed by atoms with Crippen LogP contribution < -0.4 is 14.8 Å². The van der Waals surface area contributed by atoms with Gasteiger partial charge in [0, 0.05) is 12.0 Å². The quantitative estimate of drug-likeness (QED) is 0.686. The Kier molecular flexibility index (Phi) is 7.48. The van der Waals surface area contributed by atoms with Crippen molar-refractivity contribution >= 4 is 5.91 Å². The SMILES string of the molecule is COc1ccc(OCCC(=O)NC[C@@](C)(CO)Cc2ccccc2)cc1. The first-order valence-corrected chi connectivity index (χ1v) is 8.73. The summed E-state index contributed by atoms with van der Waals surface area (Å²) in [5.41, 5.74) is 0.745. The van der Waals surface area contributed by atoms with Crippen LogP contribution in [-0.2, 0) is 11.2 Å². The van der Waals surface area contributed by atoms with Gasteiger partial charge in [0.1, 0.15) is 11.5 Å². The fourth-order valence-corrected chi connectivity index (χ4v) is 2.60. The van der Waals surface area contributed by atoms with Crippen LogP contribution in [0.4, 0.5) is 0 Å². The van der Waals surface area contributed by atoms with Crippen LogP contribution in [-0.4, -0.2) is 37.9 Å². The molecule has 1 amide bonds. The summed E-state index contributed by atoms with van der Waals surface area (Å²) < 4.78 is 10.7. The van der Waals surface area contributed by atoms with Crippen molar-refractivity contribution in [2.75, 3.05) is 26.9 Å². The van der Waals surface area contributed by atoms with Gasteiger partial charge in [-0.3, -0.25) is 4.79 Å². The van der Waals surface area contributed by atoms with Gasteiger partial charge in [-0.25, -0.2) is 0 Å². The second kappa shape index (κ2) is 9.82. The predicted molar refractivity (Wildman–Crippen MR) is 101 cm³/mol. The molecule has 0 aliphatic rings. The van der Waals surface area contributed by atoms with Gasteiger partial charge in [-0.15, -0.1) is 0 Å². The molecule has 5 heteroatoms. The van der Waals surface area contributed by atoms with Gasteiger partial charge in [-0.05, 0) is 36.2 Å². The number of hydrogen-bond acceptors (Lipinski definition) is 4. The highest BCUT2D eigenvalue weighted by Crippen LogP contribution is 2.21. The van der Waals surface area contributed by atoms with Crippen molar-refractivity contribution < 1.29 is 19.4 Å². The van der Waals surface area contributed by atoms with Gasteiger partial charge in [0.2, 0.25) is 5.91 Å². The van der Waals surface area contributed by atoms with Gasteiger partial charge in [0.15, 0.2) is 0 Å². The lowest BCUT2D eigenvalue weighted by molar-refractivity contribution is -0.122. The number of nitrogens with one attached hydrogen (secondary N) is 1. The van der Waals surface area contributed by atoms with E-state index in [0.717, 1.165) is 11.3 Å². The molecule has 2 aromatic carbocycles. The summed E-state index contributed by atoms with van der Waals surface area (Å²) in [5.74, 6) is 1.37. The van der Waals surface area contributed by atoms with Crippen LogP contribution in [0.3, 0.4) is 0 Å². The second-order valence-electron chi connectivity index (χ2n) is 6.68. The zero-order valence-electron chi connectivity index (χ0n) is 15.4. The summed E-state index contributed by atoms with van der Waals surface area (Å²) in [6.07, 6.45) is 0.964. The fourth-order valence-electron chi connectivity index (χ4n) is 2.60. The third-order valence-corrected chi connectivity index (χ3v) is 4.23. The van der Waals surface area contributed by atoms with Crippen LogP contribution >= 0.6 is 0 Å². The lowest BCUT2D eigenvalue weighted by Gasteiger charge is -2.27. The molecule has 0 saturated heterocycles. The average Bonchev–Trinajstić information content (AvgIpc) is 2.68. The number of aliphatic hydroxyl groups is 1. The number of carbonyl (C=O) groups is 1. The minimum Gasteiger partial charge on any atom is -0.497 e. The topological polar surface area (TPSA) is 67.8 Å². The molecular formula is C21H27NO4. The van der Waals surface area contributed by atoms with Gasteiger partial charge in [0.05, 0.1) is 26.7 Å². The fraction of sp³-hybridized carbons (Fsp3) is 0.381. The molecule has 5 nitrogen and oxygen atoms in total. The van der Waals surface area contributed by atoms with E-state index < -0.39 is 5.41 Å². The standard InChI is InChI=1S/C21H27NO4/c1-21(16-23,14-17-6-4-3-5-7-17)15-22-20(24)12-13-26-19-10-8-18(25-2)9-11-19/h3-11,23H,12-16H2,1-2H3,(H,22,24)/t21-/m0/s1. The summed E-state index contributed by atoms with van der Waals surface area (Å²) in [6, 6.07) is 17.2. The van der Waals surface area contributed by atoms with Crippen LogP contribution in [0.5, 0.6) is 11.5 Å². The van der Waals surface area contributed by atoms with Crippen LogP contribution in [0.25, 0.3) is 0 Å². The van der Waals surface area contributed by atoms with E-state index in [9.17, 15) is 9.90 Å². The Morgan fingerprint density at radius 3 is 2.35 bits per heavy atom. The Labute approximate surface area is 155 Å². The molecule has 1 atom stereocenters. The molecule has 0 spiro atoms. The van der Waals surface area contributed by atoms with Gasteiger partial charge in [-0.1, -0.05) is 37.3 Å². The van der Waals surface area contributed by atoms with Crippen LogP contribution in [0, 0.1) is 5.41 Å². The number of amides is 1. The lowest BCUT2D eigenvalue weighted by Crippen LogP contribution is -2.39. The molecule has 0 aliphatic carbocycles. The Balaban J connectivity index is 1.73. The van der Waals surface area contributed by atoms with E-state index in [4.69, 9.17) is 9.47 Å². The summed E-state index contributed by atoms with van der Waals surface area (Å²) >= 11 is 0. The summed E-state index contributed by atoms with van der Waals surface area (Å²) in [7, 11) is 1.61. The Bertz CT molecular complexity index is 672. The van der Waals surface area contributed by atoms with Crippen molar-refractivity contribution in [2.45, 2.75) is 19.8 Å². The van der Waals surface area contributed by atoms with Crippen molar-refractivity contribution in [1.29, 1.82) is 0 Å². The number of methoxy groups -OCH3 is 1. The highest BCUT2D eigenvalue weighted by atomic mass is 16.5. The average molecular weight is 357 g/mol. The predicted octanol–water partition coefficient (Wildman–Crippen LogP) is 2.82. The zero-order valence-corrected chi connectivity index (χ0v) is 15.4. The molecule has 0 radical (unpaired) electrons. The third-order valence-electron chi connectivity index (χ3n) is 4.23. The van der Waals surface area contributed by atoms with Gasteiger partial charge in [-0.2, -0.15) is 0 Å². The summed E-state index contributed by atoms with van der Waals surface area (Å²) in [4.78, 5) is 12.1. The monoisotopic (exact) mass is 357 g/mol. The molecule has 0 aliphatic heterocycles. The number of benzene rings is 2. The first-order chi connectivity index (χ1) is 12.5. The lowest BCUT2D eigenvalue weighted by atomic mass is 9.84. The molecule has 2 rings (SSSR count). The van der Waals surface area contributed by atoms with E-state index in [1.54, 1.807) is 19.2 Å². The number of rotatable bonds is 10. The molecule has 0 heterocycles. The first-order valence-electron chi connectivity index (χ1n) is 8.73. The van der Waals surface area contributed by atoms with E-state index in [1.165, 1.54) is 0 Å². The maximum absolute atomic E-state index is 12.1. The second-order valence-corrected chi connectivity index (χ2v) is 6.68. The van der Waals surface area contributed by atoms with E-state index in [2.05, 4.69) is 5.32 Å². The highest BCUT2D eigenvalue weighted by molar-refractivity contribution is 5.76. The van der Waals surface area contributed by atoms with Crippen LogP contribution in [0.2, 0.25) is 0 Å². The van der Waals surface area contributed by atoms with Crippen molar-refractivity contribution in [3.05, 3.63) is 60.2 Å². The molecule has 26 heavy (non-hydrogen) atoms. The molecule has 0 unspecified atom stereocenters. The third kappa shape index (κ3) is 6.41. The summed E-state index contributed by atoms with van der Waals surface area (Å²) in [5, 5.41) is 12.6. The molecule has 0 saturated carbocycles. The van der Waals surface area contributed by atoms with Gasteiger partial charge >= 0.3 is 0 Å². The van der Waals surface area contributed by atoms with Crippen molar-refractivity contribution in [1.82, 2.24) is 5.32 Å². The van der Waals surface area contributed by atoms with Crippen molar-refractivity contribution in [2.24, 2.45) is 5.41 Å². The Hall–Kier alpha value is -2.53. The Morgan fingerprint density at radius 1 is 1.08 bits per heavy atom. The molecular weight excluding hydrogens is 330 g/mol. The smallest absolute Gasteiger partial charge is 0.223 e. The number of carbonyl (C=O) groups excluding carboxylic acids is 1. The maximum Gasteiger partial charge on any atom is 0.223 e. The van der Waals surface area contributed by atoms with Gasteiger partial charge in [0.25, 0.3) is 0 Å². The Morgan fingerprint density at radius 2 is 1.73 bits per heavy atom. The molecule has 0 bridgehead atoms. The van der Waals surface area contributed by atoms with Crippen LogP contribution in [0.15, 0.2) is 54.6 Å². The molecule has 2 aromatic rings. The van der Waals surface area contributed by atoms with E-state index in [1.807, 2.05) is 49.4 Å². The summed E-state index contributed by atoms with van der Waals surface area (Å²) in [6.45, 7) is 2.69. The number of ether oxygens (including phenoxy) is 2.